The number of hydrogen-bond acceptors (Lipinski definition) is 2. The third-order valence-electron chi connectivity index (χ3n) is 3.19. The maximum atomic E-state index is 9.45. The molecule has 0 amide bonds. The fourth-order valence-corrected chi connectivity index (χ4v) is 2.12. The maximum Gasteiger partial charge on any atom is 0.117 e. The highest BCUT2D eigenvalue weighted by molar-refractivity contribution is 5.76. The molecule has 0 saturated carbocycles. The number of aromatic nitrogens is 2. The van der Waals surface area contributed by atoms with Crippen LogP contribution in [0.15, 0.2) is 48.5 Å². The Hall–Kier alpha value is -2.29. The van der Waals surface area contributed by atoms with E-state index in [0.717, 1.165) is 16.9 Å². The van der Waals surface area contributed by atoms with E-state index in [1.165, 1.54) is 5.56 Å². The van der Waals surface area contributed by atoms with Gasteiger partial charge in [-0.05, 0) is 17.7 Å². The van der Waals surface area contributed by atoms with E-state index in [1.54, 1.807) is 12.1 Å². The summed E-state index contributed by atoms with van der Waals surface area (Å²) in [6.07, 6.45) is 0. The number of fused-ring (bicyclic) bond motifs is 1. The highest BCUT2D eigenvalue weighted by Gasteiger charge is 2.12. The van der Waals surface area contributed by atoms with Gasteiger partial charge in [-0.1, -0.05) is 37.3 Å². The molecule has 0 fully saturated rings. The van der Waals surface area contributed by atoms with Crippen molar-refractivity contribution in [2.75, 3.05) is 0 Å². The molecule has 18 heavy (non-hydrogen) atoms. The quantitative estimate of drug-likeness (QED) is 0.718. The molecule has 3 aromatic rings. The van der Waals surface area contributed by atoms with Crippen molar-refractivity contribution in [2.24, 2.45) is 0 Å². The first-order valence-corrected chi connectivity index (χ1v) is 5.97. The summed E-state index contributed by atoms with van der Waals surface area (Å²) in [6.45, 7) is 2.12. The number of rotatable bonds is 2. The van der Waals surface area contributed by atoms with Crippen molar-refractivity contribution in [3.05, 3.63) is 59.9 Å². The molecular weight excluding hydrogens is 224 g/mol. The van der Waals surface area contributed by atoms with Gasteiger partial charge in [0, 0.05) is 12.0 Å². The van der Waals surface area contributed by atoms with Gasteiger partial charge < -0.3 is 10.1 Å². The summed E-state index contributed by atoms with van der Waals surface area (Å²) >= 11 is 0. The van der Waals surface area contributed by atoms with E-state index in [1.807, 2.05) is 24.3 Å². The second-order valence-electron chi connectivity index (χ2n) is 4.46. The third kappa shape index (κ3) is 1.84. The minimum absolute atomic E-state index is 0.209. The van der Waals surface area contributed by atoms with Crippen LogP contribution in [0.25, 0.3) is 11.0 Å². The Morgan fingerprint density at radius 3 is 2.67 bits per heavy atom. The number of hydrogen-bond donors (Lipinski definition) is 2. The summed E-state index contributed by atoms with van der Waals surface area (Å²) < 4.78 is 0. The average molecular weight is 238 g/mol. The summed E-state index contributed by atoms with van der Waals surface area (Å²) in [6, 6.07) is 15.4. The van der Waals surface area contributed by atoms with Gasteiger partial charge in [0.2, 0.25) is 0 Å². The van der Waals surface area contributed by atoms with E-state index in [4.69, 9.17) is 0 Å². The number of nitrogens with zero attached hydrogens (tertiary/aromatic N) is 1. The van der Waals surface area contributed by atoms with Gasteiger partial charge in [-0.15, -0.1) is 0 Å². The fourth-order valence-electron chi connectivity index (χ4n) is 2.12. The van der Waals surface area contributed by atoms with E-state index < -0.39 is 0 Å². The Balaban J connectivity index is 2.04. The Kier molecular flexibility index (Phi) is 2.52. The van der Waals surface area contributed by atoms with Crippen LogP contribution in [0.1, 0.15) is 24.2 Å². The van der Waals surface area contributed by atoms with Crippen LogP contribution >= 0.6 is 0 Å². The van der Waals surface area contributed by atoms with Gasteiger partial charge >= 0.3 is 0 Å². The molecule has 1 unspecified atom stereocenters. The number of aromatic amines is 1. The second-order valence-corrected chi connectivity index (χ2v) is 4.46. The molecule has 0 aliphatic rings. The molecule has 1 atom stereocenters. The molecule has 0 aliphatic heterocycles. The van der Waals surface area contributed by atoms with E-state index in [-0.39, 0.29) is 11.7 Å². The van der Waals surface area contributed by atoms with Crippen LogP contribution in [0, 0.1) is 0 Å². The average Bonchev–Trinajstić information content (AvgIpc) is 2.81. The summed E-state index contributed by atoms with van der Waals surface area (Å²) in [5.74, 6) is 1.38. The highest BCUT2D eigenvalue weighted by atomic mass is 16.3. The molecular formula is C15H14N2O. The second kappa shape index (κ2) is 4.18. The lowest BCUT2D eigenvalue weighted by molar-refractivity contribution is 0.476. The molecule has 3 heteroatoms. The number of benzene rings is 2. The largest absolute Gasteiger partial charge is 0.508 e. The lowest BCUT2D eigenvalue weighted by atomic mass is 10.0. The minimum atomic E-state index is 0.209. The minimum Gasteiger partial charge on any atom is -0.508 e. The molecule has 1 aromatic heterocycles. The number of phenols is 1. The zero-order valence-corrected chi connectivity index (χ0v) is 10.1. The fraction of sp³-hybridized carbons (Fsp3) is 0.133. The van der Waals surface area contributed by atoms with Gasteiger partial charge in [0.1, 0.15) is 11.6 Å². The Morgan fingerprint density at radius 2 is 1.89 bits per heavy atom. The summed E-state index contributed by atoms with van der Waals surface area (Å²) in [4.78, 5) is 7.83. The van der Waals surface area contributed by atoms with E-state index in [9.17, 15) is 5.11 Å². The first-order chi connectivity index (χ1) is 8.74. The molecule has 3 nitrogen and oxygen atoms in total. The van der Waals surface area contributed by atoms with Crippen LogP contribution < -0.4 is 0 Å². The molecule has 0 spiro atoms. The topological polar surface area (TPSA) is 48.9 Å². The zero-order valence-electron chi connectivity index (χ0n) is 10.1. The van der Waals surface area contributed by atoms with Crippen LogP contribution in [-0.4, -0.2) is 15.1 Å². The number of aromatic hydroxyl groups is 1. The van der Waals surface area contributed by atoms with E-state index in [2.05, 4.69) is 29.0 Å². The van der Waals surface area contributed by atoms with Gasteiger partial charge in [0.05, 0.1) is 11.0 Å². The van der Waals surface area contributed by atoms with E-state index in [0.29, 0.717) is 0 Å². The van der Waals surface area contributed by atoms with Crippen LogP contribution in [0.5, 0.6) is 5.75 Å². The molecule has 3 rings (SSSR count). The predicted octanol–water partition coefficient (Wildman–Crippen LogP) is 3.42. The standard InChI is InChI=1S/C15H14N2O/c1-10(11-5-3-2-4-6-11)15-16-13-8-7-12(18)9-14(13)17-15/h2-10,18H,1H3,(H,16,17). The van der Waals surface area contributed by atoms with Crippen LogP contribution in [0.3, 0.4) is 0 Å². The normalized spacial score (nSPS) is 12.7. The molecule has 1 heterocycles. The van der Waals surface area contributed by atoms with Gasteiger partial charge in [0.15, 0.2) is 0 Å². The number of H-pyrrole nitrogens is 1. The van der Waals surface area contributed by atoms with Gasteiger partial charge in [-0.2, -0.15) is 0 Å². The monoisotopic (exact) mass is 238 g/mol. The Labute approximate surface area is 105 Å². The van der Waals surface area contributed by atoms with Gasteiger partial charge in [0.25, 0.3) is 0 Å². The SMILES string of the molecule is CC(c1ccccc1)c1nc2ccc(O)cc2[nH]1. The maximum absolute atomic E-state index is 9.45. The first kappa shape index (κ1) is 10.8. The molecule has 90 valence electrons. The van der Waals surface area contributed by atoms with E-state index >= 15 is 0 Å². The van der Waals surface area contributed by atoms with Crippen molar-refractivity contribution in [3.8, 4) is 5.75 Å². The van der Waals surface area contributed by atoms with Crippen molar-refractivity contribution in [2.45, 2.75) is 12.8 Å². The summed E-state index contributed by atoms with van der Waals surface area (Å²) in [7, 11) is 0. The third-order valence-corrected chi connectivity index (χ3v) is 3.19. The molecule has 0 bridgehead atoms. The first-order valence-electron chi connectivity index (χ1n) is 5.97. The van der Waals surface area contributed by atoms with Crippen LogP contribution in [0.4, 0.5) is 0 Å². The van der Waals surface area contributed by atoms with Gasteiger partial charge in [-0.25, -0.2) is 4.98 Å². The lowest BCUT2D eigenvalue weighted by Crippen LogP contribution is -1.97. The highest BCUT2D eigenvalue weighted by Crippen LogP contribution is 2.25. The molecule has 2 N–H and O–H groups in total. The van der Waals surface area contributed by atoms with Crippen molar-refractivity contribution in [1.29, 1.82) is 0 Å². The molecule has 0 radical (unpaired) electrons. The van der Waals surface area contributed by atoms with Gasteiger partial charge in [-0.3, -0.25) is 0 Å². The van der Waals surface area contributed by atoms with Crippen molar-refractivity contribution in [1.82, 2.24) is 9.97 Å². The summed E-state index contributed by atoms with van der Waals surface area (Å²) in [5.41, 5.74) is 2.97. The van der Waals surface area contributed by atoms with Crippen molar-refractivity contribution in [3.63, 3.8) is 0 Å². The molecule has 2 aromatic carbocycles. The smallest absolute Gasteiger partial charge is 0.117 e. The molecule has 0 aliphatic carbocycles. The Bertz CT molecular complexity index is 673. The Morgan fingerprint density at radius 1 is 1.11 bits per heavy atom. The predicted molar refractivity (Wildman–Crippen MR) is 71.7 cm³/mol. The van der Waals surface area contributed by atoms with Crippen LogP contribution in [0.2, 0.25) is 0 Å². The number of nitrogens with one attached hydrogen (secondary N) is 1. The zero-order chi connectivity index (χ0) is 12.5. The van der Waals surface area contributed by atoms with Crippen molar-refractivity contribution < 1.29 is 5.11 Å². The van der Waals surface area contributed by atoms with Crippen LogP contribution in [-0.2, 0) is 0 Å². The molecule has 0 saturated heterocycles. The lowest BCUT2D eigenvalue weighted by Gasteiger charge is -2.07. The summed E-state index contributed by atoms with van der Waals surface area (Å²) in [5, 5.41) is 9.45. The number of phenolic OH excluding ortho intramolecular Hbond substituents is 1. The number of imidazole rings is 1. The van der Waals surface area contributed by atoms with Crippen molar-refractivity contribution >= 4 is 11.0 Å².